The number of nitriles is 1. The van der Waals surface area contributed by atoms with Crippen LogP contribution in [-0.2, 0) is 0 Å². The summed E-state index contributed by atoms with van der Waals surface area (Å²) in [6.07, 6.45) is 4.41. The Labute approximate surface area is 114 Å². The summed E-state index contributed by atoms with van der Waals surface area (Å²) in [5, 5.41) is 12.4. The number of imidazole rings is 1. The molecule has 1 atom stereocenters. The van der Waals surface area contributed by atoms with Crippen molar-refractivity contribution in [1.29, 1.82) is 5.26 Å². The van der Waals surface area contributed by atoms with Crippen LogP contribution in [0.5, 0.6) is 0 Å². The molecule has 2 N–H and O–H groups in total. The first-order valence-electron chi connectivity index (χ1n) is 5.70. The predicted molar refractivity (Wildman–Crippen MR) is 74.1 cm³/mol. The molecule has 0 spiro atoms. The van der Waals surface area contributed by atoms with Crippen LogP contribution in [0, 0.1) is 11.3 Å². The lowest BCUT2D eigenvalue weighted by molar-refractivity contribution is 0.704. The number of nitrogens with one attached hydrogen (secondary N) is 2. The van der Waals surface area contributed by atoms with Gasteiger partial charge in [0, 0.05) is 16.9 Å². The maximum absolute atomic E-state index is 9.10. The van der Waals surface area contributed by atoms with Crippen LogP contribution in [0.1, 0.15) is 30.8 Å². The molecule has 1 aromatic heterocycles. The van der Waals surface area contributed by atoms with Gasteiger partial charge in [0.25, 0.3) is 0 Å². The van der Waals surface area contributed by atoms with Crippen molar-refractivity contribution in [3.05, 3.63) is 46.5 Å². The molecule has 0 saturated heterocycles. The van der Waals surface area contributed by atoms with Crippen molar-refractivity contribution >= 4 is 21.6 Å². The number of halogens is 1. The van der Waals surface area contributed by atoms with Gasteiger partial charge in [0.2, 0.25) is 0 Å². The SMILES string of the molecule is CCC(Nc1cc(Br)ccc1C#N)c1ncc[nH]1. The second-order valence-electron chi connectivity index (χ2n) is 3.88. The normalized spacial score (nSPS) is 11.8. The molecule has 0 fully saturated rings. The molecule has 1 heterocycles. The van der Waals surface area contributed by atoms with Gasteiger partial charge in [-0.3, -0.25) is 0 Å². The average Bonchev–Trinajstić information content (AvgIpc) is 2.90. The molecule has 92 valence electrons. The summed E-state index contributed by atoms with van der Waals surface area (Å²) in [4.78, 5) is 7.34. The van der Waals surface area contributed by atoms with E-state index in [9.17, 15) is 0 Å². The highest BCUT2D eigenvalue weighted by Gasteiger charge is 2.13. The van der Waals surface area contributed by atoms with E-state index in [1.54, 1.807) is 18.5 Å². The van der Waals surface area contributed by atoms with Gasteiger partial charge in [0.15, 0.2) is 0 Å². The summed E-state index contributed by atoms with van der Waals surface area (Å²) >= 11 is 3.41. The van der Waals surface area contributed by atoms with E-state index < -0.39 is 0 Å². The van der Waals surface area contributed by atoms with Gasteiger partial charge in [-0.1, -0.05) is 22.9 Å². The average molecular weight is 305 g/mol. The fourth-order valence-electron chi connectivity index (χ4n) is 1.75. The zero-order valence-corrected chi connectivity index (χ0v) is 11.5. The fraction of sp³-hybridized carbons (Fsp3) is 0.231. The third kappa shape index (κ3) is 2.71. The van der Waals surface area contributed by atoms with Gasteiger partial charge in [0.05, 0.1) is 17.3 Å². The van der Waals surface area contributed by atoms with Gasteiger partial charge in [-0.25, -0.2) is 4.98 Å². The van der Waals surface area contributed by atoms with Crippen molar-refractivity contribution in [2.45, 2.75) is 19.4 Å². The van der Waals surface area contributed by atoms with Crippen molar-refractivity contribution in [1.82, 2.24) is 9.97 Å². The Morgan fingerprint density at radius 2 is 2.39 bits per heavy atom. The smallest absolute Gasteiger partial charge is 0.128 e. The molecule has 0 radical (unpaired) electrons. The van der Waals surface area contributed by atoms with E-state index in [1.165, 1.54) is 0 Å². The number of nitrogens with zero attached hydrogens (tertiary/aromatic N) is 2. The minimum absolute atomic E-state index is 0.0707. The van der Waals surface area contributed by atoms with E-state index >= 15 is 0 Å². The number of anilines is 1. The lowest BCUT2D eigenvalue weighted by atomic mass is 10.1. The highest BCUT2D eigenvalue weighted by molar-refractivity contribution is 9.10. The van der Waals surface area contributed by atoms with Gasteiger partial charge in [-0.05, 0) is 24.6 Å². The van der Waals surface area contributed by atoms with Crippen molar-refractivity contribution in [2.75, 3.05) is 5.32 Å². The van der Waals surface area contributed by atoms with E-state index in [1.807, 2.05) is 12.1 Å². The van der Waals surface area contributed by atoms with E-state index in [2.05, 4.69) is 44.2 Å². The van der Waals surface area contributed by atoms with Crippen molar-refractivity contribution < 1.29 is 0 Å². The van der Waals surface area contributed by atoms with Gasteiger partial charge >= 0.3 is 0 Å². The number of aromatic amines is 1. The number of rotatable bonds is 4. The van der Waals surface area contributed by atoms with Crippen LogP contribution in [0.15, 0.2) is 35.1 Å². The highest BCUT2D eigenvalue weighted by atomic mass is 79.9. The molecule has 0 saturated carbocycles. The first kappa shape index (κ1) is 12.7. The van der Waals surface area contributed by atoms with E-state index in [0.29, 0.717) is 5.56 Å². The van der Waals surface area contributed by atoms with Crippen LogP contribution in [0.2, 0.25) is 0 Å². The Morgan fingerprint density at radius 1 is 1.56 bits per heavy atom. The molecular formula is C13H13BrN4. The lowest BCUT2D eigenvalue weighted by Gasteiger charge is -2.17. The standard InChI is InChI=1S/C13H13BrN4/c1-2-11(13-16-5-6-17-13)18-12-7-10(14)4-3-9(12)8-15/h3-7,11,18H,2H2,1H3,(H,16,17). The lowest BCUT2D eigenvalue weighted by Crippen LogP contribution is -2.12. The number of hydrogen-bond acceptors (Lipinski definition) is 3. The summed E-state index contributed by atoms with van der Waals surface area (Å²) in [5.41, 5.74) is 1.44. The van der Waals surface area contributed by atoms with Crippen LogP contribution in [0.4, 0.5) is 5.69 Å². The summed E-state index contributed by atoms with van der Waals surface area (Å²) in [7, 11) is 0. The van der Waals surface area contributed by atoms with Gasteiger partial charge in [-0.2, -0.15) is 5.26 Å². The molecule has 0 aliphatic rings. The van der Waals surface area contributed by atoms with Gasteiger partial charge in [0.1, 0.15) is 11.9 Å². The third-order valence-corrected chi connectivity index (χ3v) is 3.18. The van der Waals surface area contributed by atoms with Crippen molar-refractivity contribution in [3.8, 4) is 6.07 Å². The molecule has 5 heteroatoms. The van der Waals surface area contributed by atoms with Crippen LogP contribution < -0.4 is 5.32 Å². The molecule has 0 aliphatic heterocycles. The summed E-state index contributed by atoms with van der Waals surface area (Å²) < 4.78 is 0.943. The minimum Gasteiger partial charge on any atom is -0.374 e. The van der Waals surface area contributed by atoms with Crippen LogP contribution >= 0.6 is 15.9 Å². The Hall–Kier alpha value is -1.80. The van der Waals surface area contributed by atoms with E-state index in [0.717, 1.165) is 22.4 Å². The third-order valence-electron chi connectivity index (χ3n) is 2.69. The minimum atomic E-state index is 0.0707. The van der Waals surface area contributed by atoms with Crippen molar-refractivity contribution in [3.63, 3.8) is 0 Å². The van der Waals surface area contributed by atoms with Crippen LogP contribution in [0.3, 0.4) is 0 Å². The monoisotopic (exact) mass is 304 g/mol. The van der Waals surface area contributed by atoms with Crippen LogP contribution in [0.25, 0.3) is 0 Å². The Bertz CT molecular complexity index is 557. The second kappa shape index (κ2) is 5.69. The van der Waals surface area contributed by atoms with E-state index in [4.69, 9.17) is 5.26 Å². The van der Waals surface area contributed by atoms with Crippen LogP contribution in [-0.4, -0.2) is 9.97 Å². The Balaban J connectivity index is 2.27. The number of H-pyrrole nitrogens is 1. The van der Waals surface area contributed by atoms with Gasteiger partial charge in [-0.15, -0.1) is 0 Å². The quantitative estimate of drug-likeness (QED) is 0.907. The number of hydrogen-bond donors (Lipinski definition) is 2. The zero-order valence-electron chi connectivity index (χ0n) is 9.94. The fourth-order valence-corrected chi connectivity index (χ4v) is 2.11. The Morgan fingerprint density at radius 3 is 3.00 bits per heavy atom. The highest BCUT2D eigenvalue weighted by Crippen LogP contribution is 2.25. The molecule has 18 heavy (non-hydrogen) atoms. The number of benzene rings is 1. The largest absolute Gasteiger partial charge is 0.374 e. The molecule has 1 unspecified atom stereocenters. The maximum Gasteiger partial charge on any atom is 0.128 e. The first-order valence-corrected chi connectivity index (χ1v) is 6.49. The summed E-state index contributed by atoms with van der Waals surface area (Å²) in [5.74, 6) is 0.876. The summed E-state index contributed by atoms with van der Waals surface area (Å²) in [6.45, 7) is 2.07. The molecule has 2 aromatic rings. The predicted octanol–water partition coefficient (Wildman–Crippen LogP) is 3.61. The molecular weight excluding hydrogens is 292 g/mol. The molecule has 0 amide bonds. The molecule has 1 aromatic carbocycles. The topological polar surface area (TPSA) is 64.5 Å². The first-order chi connectivity index (χ1) is 8.74. The maximum atomic E-state index is 9.10. The molecule has 0 bridgehead atoms. The van der Waals surface area contributed by atoms with Crippen molar-refractivity contribution in [2.24, 2.45) is 0 Å². The summed E-state index contributed by atoms with van der Waals surface area (Å²) in [6, 6.07) is 7.81. The Kier molecular flexibility index (Phi) is 4.00. The zero-order chi connectivity index (χ0) is 13.0. The second-order valence-corrected chi connectivity index (χ2v) is 4.80. The molecule has 2 rings (SSSR count). The molecule has 0 aliphatic carbocycles. The number of aromatic nitrogens is 2. The molecule has 4 nitrogen and oxygen atoms in total. The van der Waals surface area contributed by atoms with E-state index in [-0.39, 0.29) is 6.04 Å². The van der Waals surface area contributed by atoms with Gasteiger partial charge < -0.3 is 10.3 Å².